The molecule has 1 aliphatic rings. The molecule has 5 rings (SSSR count). The van der Waals surface area contributed by atoms with E-state index in [-0.39, 0.29) is 45.6 Å². The summed E-state index contributed by atoms with van der Waals surface area (Å²) in [6.45, 7) is 5.35. The number of phenols is 1. The fourth-order valence-corrected chi connectivity index (χ4v) is 4.80. The van der Waals surface area contributed by atoms with Crippen molar-refractivity contribution < 1.29 is 23.4 Å². The quantitative estimate of drug-likeness (QED) is 0.330. The van der Waals surface area contributed by atoms with Gasteiger partial charge in [0.2, 0.25) is 5.91 Å². The van der Waals surface area contributed by atoms with Crippen LogP contribution in [0.5, 0.6) is 11.8 Å². The van der Waals surface area contributed by atoms with Gasteiger partial charge in [0.05, 0.1) is 17.2 Å². The number of phenolic OH excluding ortho intramolecular Hbond substituents is 1. The van der Waals surface area contributed by atoms with Crippen molar-refractivity contribution in [3.8, 4) is 22.9 Å². The van der Waals surface area contributed by atoms with Gasteiger partial charge in [-0.2, -0.15) is 9.97 Å². The summed E-state index contributed by atoms with van der Waals surface area (Å²) in [6.07, 6.45) is 3.41. The highest BCUT2D eigenvalue weighted by Crippen LogP contribution is 2.42. The highest BCUT2D eigenvalue weighted by atomic mass is 35.5. The van der Waals surface area contributed by atoms with Gasteiger partial charge in [-0.1, -0.05) is 30.3 Å². The van der Waals surface area contributed by atoms with Crippen molar-refractivity contribution in [2.75, 3.05) is 37.7 Å². The summed E-state index contributed by atoms with van der Waals surface area (Å²) in [7, 11) is 0. The highest BCUT2D eigenvalue weighted by Gasteiger charge is 2.27. The minimum atomic E-state index is -0.920. The lowest BCUT2D eigenvalue weighted by atomic mass is 10.0. The maximum absolute atomic E-state index is 16.1. The number of ether oxygens (including phenoxy) is 1. The van der Waals surface area contributed by atoms with E-state index in [1.54, 1.807) is 11.1 Å². The number of hydrogen-bond donors (Lipinski definition) is 1. The first-order valence-corrected chi connectivity index (χ1v) is 12.6. The zero-order valence-electron chi connectivity index (χ0n) is 20.8. The zero-order chi connectivity index (χ0) is 27.5. The Morgan fingerprint density at radius 1 is 1.10 bits per heavy atom. The number of hydrogen-bond acceptors (Lipinski definition) is 7. The number of aromatic nitrogens is 3. The number of pyridine rings is 1. The lowest BCUT2D eigenvalue weighted by Crippen LogP contribution is -2.48. The van der Waals surface area contributed by atoms with Crippen molar-refractivity contribution in [1.82, 2.24) is 19.9 Å². The Hall–Kier alpha value is -4.31. The molecule has 1 aliphatic heterocycles. The predicted molar refractivity (Wildman–Crippen MR) is 144 cm³/mol. The average molecular weight is 552 g/mol. The summed E-state index contributed by atoms with van der Waals surface area (Å²) in [4.78, 5) is 28.7. The summed E-state index contributed by atoms with van der Waals surface area (Å²) >= 11 is 6.48. The van der Waals surface area contributed by atoms with Crippen LogP contribution in [0.1, 0.15) is 5.69 Å². The molecule has 8 nitrogen and oxygen atoms in total. The summed E-state index contributed by atoms with van der Waals surface area (Å²) in [6, 6.07) is 10.6. The van der Waals surface area contributed by atoms with Crippen LogP contribution in [0.15, 0.2) is 61.3 Å². The maximum Gasteiger partial charge on any atom is 0.319 e. The SMILES string of the molecule is C=CC(=O)N1CCN(c2nc(OCCc3ccccn3)nc3c(F)c(-c4c(O)cccc4F)c(Cl)cc23)CC1. The van der Waals surface area contributed by atoms with Crippen LogP contribution in [0, 0.1) is 11.6 Å². The lowest BCUT2D eigenvalue weighted by molar-refractivity contribution is -0.126. The first kappa shape index (κ1) is 26.3. The fourth-order valence-electron chi connectivity index (χ4n) is 4.52. The Morgan fingerprint density at radius 3 is 2.59 bits per heavy atom. The third-order valence-corrected chi connectivity index (χ3v) is 6.76. The van der Waals surface area contributed by atoms with Gasteiger partial charge in [0.25, 0.3) is 0 Å². The Morgan fingerprint density at radius 2 is 1.90 bits per heavy atom. The van der Waals surface area contributed by atoms with Gasteiger partial charge in [0, 0.05) is 55.4 Å². The van der Waals surface area contributed by atoms with Crippen LogP contribution in [0.2, 0.25) is 5.02 Å². The van der Waals surface area contributed by atoms with Crippen LogP contribution in [-0.4, -0.2) is 63.7 Å². The first-order valence-electron chi connectivity index (χ1n) is 12.2. The molecule has 4 aromatic rings. The van der Waals surface area contributed by atoms with Gasteiger partial charge in [-0.05, 0) is 36.4 Å². The van der Waals surface area contributed by atoms with Crippen molar-refractivity contribution in [1.29, 1.82) is 0 Å². The Bertz CT molecular complexity index is 1530. The molecule has 0 unspecified atom stereocenters. The van der Waals surface area contributed by atoms with Gasteiger partial charge in [-0.15, -0.1) is 0 Å². The molecule has 0 radical (unpaired) electrons. The van der Waals surface area contributed by atoms with E-state index < -0.39 is 17.4 Å². The molecule has 1 saturated heterocycles. The number of carbonyl (C=O) groups excluding carboxylic acids is 1. The number of amides is 1. The second kappa shape index (κ2) is 11.2. The van der Waals surface area contributed by atoms with E-state index in [4.69, 9.17) is 16.3 Å². The molecule has 1 amide bonds. The second-order valence-electron chi connectivity index (χ2n) is 8.84. The number of piperazine rings is 1. The maximum atomic E-state index is 16.1. The molecule has 200 valence electrons. The number of nitrogens with zero attached hydrogens (tertiary/aromatic N) is 5. The average Bonchev–Trinajstić information content (AvgIpc) is 2.95. The third kappa shape index (κ3) is 5.33. The summed E-state index contributed by atoms with van der Waals surface area (Å²) in [5, 5.41) is 10.5. The Labute approximate surface area is 228 Å². The van der Waals surface area contributed by atoms with Crippen molar-refractivity contribution in [2.45, 2.75) is 6.42 Å². The smallest absolute Gasteiger partial charge is 0.319 e. The number of carbonyl (C=O) groups is 1. The second-order valence-corrected chi connectivity index (χ2v) is 9.25. The number of fused-ring (bicyclic) bond motifs is 1. The van der Waals surface area contributed by atoms with E-state index in [9.17, 15) is 14.3 Å². The van der Waals surface area contributed by atoms with E-state index in [2.05, 4.69) is 21.5 Å². The number of anilines is 1. The highest BCUT2D eigenvalue weighted by molar-refractivity contribution is 6.34. The number of benzene rings is 2. The van der Waals surface area contributed by atoms with Crippen LogP contribution in [0.25, 0.3) is 22.0 Å². The van der Waals surface area contributed by atoms with Gasteiger partial charge in [0.1, 0.15) is 22.9 Å². The zero-order valence-corrected chi connectivity index (χ0v) is 21.5. The van der Waals surface area contributed by atoms with Crippen LogP contribution < -0.4 is 9.64 Å². The fraction of sp³-hybridized carbons (Fsp3) is 0.214. The Balaban J connectivity index is 1.57. The molecule has 3 heterocycles. The van der Waals surface area contributed by atoms with Crippen LogP contribution in [0.4, 0.5) is 14.6 Å². The number of rotatable bonds is 7. The molecule has 0 atom stereocenters. The van der Waals surface area contributed by atoms with Crippen molar-refractivity contribution >= 4 is 34.2 Å². The summed E-state index contributed by atoms with van der Waals surface area (Å²) < 4.78 is 36.6. The van der Waals surface area contributed by atoms with Gasteiger partial charge in [0.15, 0.2) is 5.82 Å². The van der Waals surface area contributed by atoms with E-state index in [1.165, 1.54) is 24.3 Å². The summed E-state index contributed by atoms with van der Waals surface area (Å²) in [5.41, 5.74) is -0.0160. The largest absolute Gasteiger partial charge is 0.507 e. The molecule has 2 aromatic heterocycles. The Kier molecular flexibility index (Phi) is 7.56. The molecular weight excluding hydrogens is 528 g/mol. The topological polar surface area (TPSA) is 91.7 Å². The van der Waals surface area contributed by atoms with Gasteiger partial charge >= 0.3 is 6.01 Å². The molecule has 0 saturated carbocycles. The van der Waals surface area contributed by atoms with E-state index >= 15 is 4.39 Å². The first-order chi connectivity index (χ1) is 18.9. The standard InChI is InChI=1S/C28H24ClF2N5O3/c1-2-22(38)35-11-13-36(14-12-35)27-18-16-19(29)23(24-20(30)7-5-8-21(24)37)25(31)26(18)33-28(34-27)39-15-9-17-6-3-4-10-32-17/h2-8,10,16,37H,1,9,11-15H2. The summed E-state index contributed by atoms with van der Waals surface area (Å²) in [5.74, 6) is -2.03. The van der Waals surface area contributed by atoms with Crippen molar-refractivity contribution in [2.24, 2.45) is 0 Å². The molecule has 2 aromatic carbocycles. The number of aromatic hydroxyl groups is 1. The predicted octanol–water partition coefficient (Wildman–Crippen LogP) is 4.79. The van der Waals surface area contributed by atoms with E-state index in [0.717, 1.165) is 11.8 Å². The van der Waals surface area contributed by atoms with Crippen molar-refractivity contribution in [3.63, 3.8) is 0 Å². The molecule has 1 fully saturated rings. The minimum absolute atomic E-state index is 0.0806. The van der Waals surface area contributed by atoms with Crippen LogP contribution >= 0.6 is 11.6 Å². The molecular formula is C28H24ClF2N5O3. The molecule has 0 aliphatic carbocycles. The van der Waals surface area contributed by atoms with Gasteiger partial charge in [-0.3, -0.25) is 9.78 Å². The normalized spacial score (nSPS) is 13.5. The monoisotopic (exact) mass is 551 g/mol. The molecule has 39 heavy (non-hydrogen) atoms. The third-order valence-electron chi connectivity index (χ3n) is 6.46. The van der Waals surface area contributed by atoms with E-state index in [0.29, 0.717) is 38.4 Å². The van der Waals surface area contributed by atoms with Crippen LogP contribution in [-0.2, 0) is 11.2 Å². The van der Waals surface area contributed by atoms with Crippen molar-refractivity contribution in [3.05, 3.63) is 83.7 Å². The minimum Gasteiger partial charge on any atom is -0.507 e. The lowest BCUT2D eigenvalue weighted by Gasteiger charge is -2.35. The molecule has 1 N–H and O–H groups in total. The molecule has 0 spiro atoms. The number of halogens is 3. The molecule has 0 bridgehead atoms. The van der Waals surface area contributed by atoms with E-state index in [1.807, 2.05) is 23.1 Å². The van der Waals surface area contributed by atoms with Crippen LogP contribution in [0.3, 0.4) is 0 Å². The van der Waals surface area contributed by atoms with Gasteiger partial charge in [-0.25, -0.2) is 8.78 Å². The van der Waals surface area contributed by atoms with Gasteiger partial charge < -0.3 is 19.6 Å². The molecule has 11 heteroatoms.